The van der Waals surface area contributed by atoms with E-state index in [1.54, 1.807) is 0 Å². The van der Waals surface area contributed by atoms with Crippen molar-refractivity contribution < 1.29 is 18.5 Å². The number of hydrogen-bond acceptors (Lipinski definition) is 4. The molecule has 1 heterocycles. The summed E-state index contributed by atoms with van der Waals surface area (Å²) < 4.78 is 24.5. The Morgan fingerprint density at radius 1 is 1.60 bits per heavy atom. The van der Waals surface area contributed by atoms with Crippen molar-refractivity contribution in [1.82, 2.24) is 4.98 Å². The van der Waals surface area contributed by atoms with Gasteiger partial charge in [0.1, 0.15) is 5.56 Å². The second-order valence-electron chi connectivity index (χ2n) is 2.44. The van der Waals surface area contributed by atoms with E-state index in [1.807, 2.05) is 0 Å². The van der Waals surface area contributed by atoms with Crippen LogP contribution in [-0.2, 0) is 0 Å². The minimum Gasteiger partial charge on any atom is -0.358 e. The van der Waals surface area contributed by atoms with E-state index in [2.05, 4.69) is 20.9 Å². The molecule has 0 unspecified atom stereocenters. The Labute approximate surface area is 90.4 Å². The molecular weight excluding hydrogens is 278 g/mol. The predicted molar refractivity (Wildman–Crippen MR) is 48.9 cm³/mol. The molecule has 5 nitrogen and oxygen atoms in total. The fraction of sp³-hybridized carbons (Fsp3) is 0.143. The van der Waals surface area contributed by atoms with Crippen LogP contribution in [0.3, 0.4) is 0 Å². The van der Waals surface area contributed by atoms with Crippen LogP contribution >= 0.6 is 15.9 Å². The summed E-state index contributed by atoms with van der Waals surface area (Å²) in [7, 11) is 0. The monoisotopic (exact) mass is 280 g/mol. The minimum absolute atomic E-state index is 0.134. The standard InChI is InChI=1S/C7H3BrF2N2O3/c8-4-1-3(2-13)7(12(14)15)11-5(4)6(9)10/h1-2,6H. The van der Waals surface area contributed by atoms with Gasteiger partial charge in [0.05, 0.1) is 4.47 Å². The van der Waals surface area contributed by atoms with Crippen molar-refractivity contribution in [3.63, 3.8) is 0 Å². The van der Waals surface area contributed by atoms with E-state index >= 15 is 0 Å². The average Bonchev–Trinajstić information content (AvgIpc) is 2.16. The largest absolute Gasteiger partial charge is 0.374 e. The molecule has 80 valence electrons. The molecule has 0 spiro atoms. The van der Waals surface area contributed by atoms with Gasteiger partial charge < -0.3 is 10.1 Å². The summed E-state index contributed by atoms with van der Waals surface area (Å²) in [4.78, 5) is 22.9. The number of carbonyl (C=O) groups excluding carboxylic acids is 1. The van der Waals surface area contributed by atoms with Gasteiger partial charge in [-0.2, -0.15) is 0 Å². The second-order valence-corrected chi connectivity index (χ2v) is 3.30. The quantitative estimate of drug-likeness (QED) is 0.484. The smallest absolute Gasteiger partial charge is 0.358 e. The zero-order valence-corrected chi connectivity index (χ0v) is 8.57. The van der Waals surface area contributed by atoms with Crippen LogP contribution in [0.5, 0.6) is 0 Å². The fourth-order valence-electron chi connectivity index (χ4n) is 0.893. The first kappa shape index (κ1) is 11.6. The number of nitro groups is 1. The minimum atomic E-state index is -2.95. The lowest BCUT2D eigenvalue weighted by molar-refractivity contribution is -0.389. The number of aromatic nitrogens is 1. The molecule has 8 heteroatoms. The van der Waals surface area contributed by atoms with Crippen LogP contribution in [0.2, 0.25) is 0 Å². The predicted octanol–water partition coefficient (Wildman–Crippen LogP) is 2.50. The Kier molecular flexibility index (Phi) is 3.40. The van der Waals surface area contributed by atoms with Gasteiger partial charge in [0.2, 0.25) is 5.69 Å². The summed E-state index contributed by atoms with van der Waals surface area (Å²) in [5.74, 6) is -0.872. The normalized spacial score (nSPS) is 10.4. The maximum atomic E-state index is 12.3. The Balaban J connectivity index is 3.43. The van der Waals surface area contributed by atoms with E-state index in [9.17, 15) is 23.7 Å². The first-order valence-electron chi connectivity index (χ1n) is 3.55. The molecule has 1 aromatic heterocycles. The van der Waals surface area contributed by atoms with E-state index in [0.29, 0.717) is 0 Å². The molecule has 0 aliphatic rings. The van der Waals surface area contributed by atoms with Gasteiger partial charge in [-0.3, -0.25) is 4.79 Å². The highest BCUT2D eigenvalue weighted by Gasteiger charge is 2.26. The molecule has 0 bridgehead atoms. The van der Waals surface area contributed by atoms with Crippen LogP contribution in [-0.4, -0.2) is 16.2 Å². The molecule has 0 aliphatic heterocycles. The van der Waals surface area contributed by atoms with Gasteiger partial charge in [-0.15, -0.1) is 0 Å². The highest BCUT2D eigenvalue weighted by Crippen LogP contribution is 2.29. The van der Waals surface area contributed by atoms with Gasteiger partial charge in [0, 0.05) is 0 Å². The number of halogens is 3. The lowest BCUT2D eigenvalue weighted by atomic mass is 10.2. The zero-order valence-electron chi connectivity index (χ0n) is 6.99. The summed E-state index contributed by atoms with van der Waals surface area (Å²) in [6.45, 7) is 0. The van der Waals surface area contributed by atoms with E-state index in [0.717, 1.165) is 6.07 Å². The Morgan fingerprint density at radius 2 is 2.20 bits per heavy atom. The summed E-state index contributed by atoms with van der Waals surface area (Å²) in [6, 6.07) is 0.944. The number of pyridine rings is 1. The van der Waals surface area contributed by atoms with Crippen LogP contribution in [0.1, 0.15) is 22.5 Å². The number of carbonyl (C=O) groups is 1. The van der Waals surface area contributed by atoms with Crippen molar-refractivity contribution in [2.24, 2.45) is 0 Å². The first-order chi connectivity index (χ1) is 6.97. The van der Waals surface area contributed by atoms with Crippen LogP contribution in [0.4, 0.5) is 14.6 Å². The van der Waals surface area contributed by atoms with Crippen molar-refractivity contribution in [2.75, 3.05) is 0 Å². The number of rotatable bonds is 3. The molecule has 0 fully saturated rings. The van der Waals surface area contributed by atoms with Crippen molar-refractivity contribution in [3.8, 4) is 0 Å². The molecular formula is C7H3BrF2N2O3. The Morgan fingerprint density at radius 3 is 2.60 bits per heavy atom. The Bertz CT molecular complexity index is 425. The van der Waals surface area contributed by atoms with Gasteiger partial charge in [-0.25, -0.2) is 8.78 Å². The van der Waals surface area contributed by atoms with E-state index < -0.39 is 22.9 Å². The molecule has 0 aromatic carbocycles. The van der Waals surface area contributed by atoms with Crippen molar-refractivity contribution in [2.45, 2.75) is 6.43 Å². The van der Waals surface area contributed by atoms with Crippen molar-refractivity contribution in [3.05, 3.63) is 31.9 Å². The van der Waals surface area contributed by atoms with E-state index in [4.69, 9.17) is 0 Å². The lowest BCUT2D eigenvalue weighted by Crippen LogP contribution is -2.02. The summed E-state index contributed by atoms with van der Waals surface area (Å²) in [6.07, 6.45) is -2.76. The molecule has 0 radical (unpaired) electrons. The SMILES string of the molecule is O=Cc1cc(Br)c(C(F)F)nc1[N+](=O)[O-]. The fourth-order valence-corrected chi connectivity index (χ4v) is 1.40. The molecule has 15 heavy (non-hydrogen) atoms. The number of nitrogens with zero attached hydrogens (tertiary/aromatic N) is 2. The summed E-state index contributed by atoms with van der Waals surface area (Å²) >= 11 is 2.75. The Hall–Kier alpha value is -1.44. The zero-order chi connectivity index (χ0) is 11.6. The van der Waals surface area contributed by atoms with Gasteiger partial charge in [0.25, 0.3) is 0 Å². The molecule has 0 aliphatic carbocycles. The maximum Gasteiger partial charge on any atom is 0.374 e. The number of hydrogen-bond donors (Lipinski definition) is 0. The van der Waals surface area contributed by atoms with E-state index in [1.165, 1.54) is 0 Å². The van der Waals surface area contributed by atoms with Gasteiger partial charge in [0.15, 0.2) is 6.29 Å². The first-order valence-corrected chi connectivity index (χ1v) is 4.34. The van der Waals surface area contributed by atoms with Crippen LogP contribution in [0, 0.1) is 10.1 Å². The van der Waals surface area contributed by atoms with Gasteiger partial charge in [-0.05, 0) is 31.9 Å². The molecule has 1 rings (SSSR count). The second kappa shape index (κ2) is 4.39. The topological polar surface area (TPSA) is 73.1 Å². The molecule has 0 saturated heterocycles. The number of aldehydes is 1. The third-order valence-electron chi connectivity index (χ3n) is 1.52. The van der Waals surface area contributed by atoms with Crippen molar-refractivity contribution >= 4 is 28.0 Å². The van der Waals surface area contributed by atoms with Crippen molar-refractivity contribution in [1.29, 1.82) is 0 Å². The van der Waals surface area contributed by atoms with Crippen LogP contribution < -0.4 is 0 Å². The molecule has 0 atom stereocenters. The lowest BCUT2D eigenvalue weighted by Gasteiger charge is -2.00. The highest BCUT2D eigenvalue weighted by atomic mass is 79.9. The average molecular weight is 281 g/mol. The molecule has 1 aromatic rings. The highest BCUT2D eigenvalue weighted by molar-refractivity contribution is 9.10. The van der Waals surface area contributed by atoms with Gasteiger partial charge >= 0.3 is 12.2 Å². The summed E-state index contributed by atoms with van der Waals surface area (Å²) in [5.41, 5.74) is -1.11. The molecule has 0 amide bonds. The van der Waals surface area contributed by atoms with Gasteiger partial charge in [-0.1, -0.05) is 0 Å². The number of alkyl halides is 2. The maximum absolute atomic E-state index is 12.3. The summed E-state index contributed by atoms with van der Waals surface area (Å²) in [5, 5.41) is 10.4. The van der Waals surface area contributed by atoms with Crippen LogP contribution in [0.25, 0.3) is 0 Å². The van der Waals surface area contributed by atoms with E-state index in [-0.39, 0.29) is 16.3 Å². The molecule has 0 saturated carbocycles. The third kappa shape index (κ3) is 2.32. The third-order valence-corrected chi connectivity index (χ3v) is 2.15. The molecule has 0 N–H and O–H groups in total. The van der Waals surface area contributed by atoms with Crippen LogP contribution in [0.15, 0.2) is 10.5 Å².